The van der Waals surface area contributed by atoms with Crippen molar-refractivity contribution in [1.82, 2.24) is 24.7 Å². The zero-order valence-corrected chi connectivity index (χ0v) is 10.1. The van der Waals surface area contributed by atoms with Gasteiger partial charge in [-0.05, 0) is 24.8 Å². The van der Waals surface area contributed by atoms with E-state index in [2.05, 4.69) is 25.5 Å². The number of hydrogen-bond donors (Lipinski definition) is 1. The fourth-order valence-corrected chi connectivity index (χ4v) is 1.89. The number of rotatable bonds is 3. The molecule has 0 saturated heterocycles. The maximum Gasteiger partial charge on any atom is 0.223 e. The first kappa shape index (κ1) is 10.9. The molecule has 2 aromatic rings. The molecule has 0 aliphatic rings. The summed E-state index contributed by atoms with van der Waals surface area (Å²) in [4.78, 5) is 8.35. The second kappa shape index (κ2) is 4.48. The van der Waals surface area contributed by atoms with E-state index in [1.807, 2.05) is 24.6 Å². The highest BCUT2D eigenvalue weighted by molar-refractivity contribution is 7.99. The van der Waals surface area contributed by atoms with Gasteiger partial charge in [0.2, 0.25) is 5.95 Å². The van der Waals surface area contributed by atoms with Gasteiger partial charge in [-0.3, -0.25) is 0 Å². The van der Waals surface area contributed by atoms with Crippen molar-refractivity contribution in [2.24, 2.45) is 7.05 Å². The van der Waals surface area contributed by atoms with Gasteiger partial charge in [0.05, 0.1) is 0 Å². The van der Waals surface area contributed by atoms with Crippen molar-refractivity contribution in [2.75, 3.05) is 12.4 Å². The Kier molecular flexibility index (Phi) is 3.04. The molecule has 0 unspecified atom stereocenters. The number of anilines is 1. The molecule has 0 aromatic carbocycles. The highest BCUT2D eigenvalue weighted by Crippen LogP contribution is 2.24. The van der Waals surface area contributed by atoms with Crippen molar-refractivity contribution in [3.63, 3.8) is 0 Å². The minimum atomic E-state index is 0.601. The lowest BCUT2D eigenvalue weighted by atomic mass is 10.7. The third-order valence-electron chi connectivity index (χ3n) is 2.10. The summed E-state index contributed by atoms with van der Waals surface area (Å²) in [5, 5.41) is 12.6. The average molecular weight is 236 g/mol. The van der Waals surface area contributed by atoms with E-state index >= 15 is 0 Å². The molecule has 2 rings (SSSR count). The van der Waals surface area contributed by atoms with Gasteiger partial charge in [-0.25, -0.2) is 9.97 Å². The van der Waals surface area contributed by atoms with Crippen LogP contribution in [0, 0.1) is 6.92 Å². The molecule has 0 aliphatic heterocycles. The van der Waals surface area contributed by atoms with Crippen LogP contribution in [0.2, 0.25) is 0 Å². The SMILES string of the molecule is CNc1nccc(Sc2nnc(C)n2C)n1. The summed E-state index contributed by atoms with van der Waals surface area (Å²) in [7, 11) is 3.72. The first-order valence-electron chi connectivity index (χ1n) is 4.75. The third kappa shape index (κ3) is 2.13. The summed E-state index contributed by atoms with van der Waals surface area (Å²) in [5.41, 5.74) is 0. The molecule has 0 saturated carbocycles. The van der Waals surface area contributed by atoms with Crippen LogP contribution in [0.15, 0.2) is 22.4 Å². The normalized spacial score (nSPS) is 10.4. The van der Waals surface area contributed by atoms with E-state index in [4.69, 9.17) is 0 Å². The summed E-state index contributed by atoms with van der Waals surface area (Å²) in [5.74, 6) is 1.48. The number of nitrogens with zero attached hydrogens (tertiary/aromatic N) is 5. The fraction of sp³-hybridized carbons (Fsp3) is 0.333. The van der Waals surface area contributed by atoms with Crippen LogP contribution in [0.5, 0.6) is 0 Å². The van der Waals surface area contributed by atoms with Gasteiger partial charge in [-0.15, -0.1) is 10.2 Å². The number of hydrogen-bond acceptors (Lipinski definition) is 6. The average Bonchev–Trinajstić information content (AvgIpc) is 2.61. The minimum Gasteiger partial charge on any atom is -0.357 e. The maximum atomic E-state index is 4.30. The molecule has 16 heavy (non-hydrogen) atoms. The molecule has 0 amide bonds. The van der Waals surface area contributed by atoms with Crippen molar-refractivity contribution in [3.8, 4) is 0 Å². The molecule has 0 aliphatic carbocycles. The first-order valence-corrected chi connectivity index (χ1v) is 5.57. The molecule has 0 spiro atoms. The summed E-state index contributed by atoms with van der Waals surface area (Å²) in [6, 6.07) is 1.84. The van der Waals surface area contributed by atoms with Crippen LogP contribution in [-0.4, -0.2) is 31.8 Å². The number of aryl methyl sites for hydroxylation is 1. The van der Waals surface area contributed by atoms with E-state index < -0.39 is 0 Å². The molecule has 6 nitrogen and oxygen atoms in total. The van der Waals surface area contributed by atoms with Crippen LogP contribution in [0.3, 0.4) is 0 Å². The van der Waals surface area contributed by atoms with Crippen LogP contribution < -0.4 is 5.32 Å². The number of aromatic nitrogens is 5. The molecule has 1 N–H and O–H groups in total. The molecule has 0 radical (unpaired) electrons. The Morgan fingerprint density at radius 1 is 1.38 bits per heavy atom. The van der Waals surface area contributed by atoms with E-state index in [1.54, 1.807) is 13.2 Å². The monoisotopic (exact) mass is 236 g/mol. The summed E-state index contributed by atoms with van der Waals surface area (Å²) < 4.78 is 1.92. The predicted octanol–water partition coefficient (Wildman–Crippen LogP) is 1.11. The molecular formula is C9H12N6S. The van der Waals surface area contributed by atoms with Crippen LogP contribution in [-0.2, 0) is 7.05 Å². The summed E-state index contributed by atoms with van der Waals surface area (Å²) in [6.07, 6.45) is 1.71. The van der Waals surface area contributed by atoms with Gasteiger partial charge in [-0.2, -0.15) is 0 Å². The molecule has 0 fully saturated rings. The lowest BCUT2D eigenvalue weighted by Crippen LogP contribution is -1.97. The van der Waals surface area contributed by atoms with E-state index in [-0.39, 0.29) is 0 Å². The highest BCUT2D eigenvalue weighted by atomic mass is 32.2. The molecule has 84 valence electrons. The maximum absolute atomic E-state index is 4.30. The molecule has 2 aromatic heterocycles. The smallest absolute Gasteiger partial charge is 0.223 e. The largest absolute Gasteiger partial charge is 0.357 e. The van der Waals surface area contributed by atoms with Gasteiger partial charge in [-0.1, -0.05) is 0 Å². The van der Waals surface area contributed by atoms with Gasteiger partial charge in [0.1, 0.15) is 10.9 Å². The predicted molar refractivity (Wildman–Crippen MR) is 61.4 cm³/mol. The van der Waals surface area contributed by atoms with Gasteiger partial charge in [0, 0.05) is 20.3 Å². The van der Waals surface area contributed by atoms with Gasteiger partial charge in [0.25, 0.3) is 0 Å². The molecular weight excluding hydrogens is 224 g/mol. The van der Waals surface area contributed by atoms with Crippen molar-refractivity contribution in [1.29, 1.82) is 0 Å². The Bertz CT molecular complexity index is 494. The summed E-state index contributed by atoms with van der Waals surface area (Å²) >= 11 is 1.46. The molecule has 7 heteroatoms. The Hall–Kier alpha value is -1.63. The van der Waals surface area contributed by atoms with E-state index in [0.717, 1.165) is 16.0 Å². The zero-order chi connectivity index (χ0) is 11.5. The quantitative estimate of drug-likeness (QED) is 0.805. The second-order valence-electron chi connectivity index (χ2n) is 3.16. The topological polar surface area (TPSA) is 68.5 Å². The molecule has 2 heterocycles. The van der Waals surface area contributed by atoms with Crippen molar-refractivity contribution >= 4 is 17.7 Å². The van der Waals surface area contributed by atoms with Crippen molar-refractivity contribution in [3.05, 3.63) is 18.1 Å². The van der Waals surface area contributed by atoms with Gasteiger partial charge < -0.3 is 9.88 Å². The first-order chi connectivity index (χ1) is 7.70. The molecule has 0 atom stereocenters. The van der Waals surface area contributed by atoms with Crippen LogP contribution in [0.25, 0.3) is 0 Å². The van der Waals surface area contributed by atoms with E-state index in [1.165, 1.54) is 11.8 Å². The van der Waals surface area contributed by atoms with Crippen LogP contribution in [0.1, 0.15) is 5.82 Å². The zero-order valence-electron chi connectivity index (χ0n) is 9.30. The van der Waals surface area contributed by atoms with Crippen molar-refractivity contribution < 1.29 is 0 Å². The van der Waals surface area contributed by atoms with Gasteiger partial charge >= 0.3 is 0 Å². The fourth-order valence-electron chi connectivity index (χ4n) is 1.09. The van der Waals surface area contributed by atoms with E-state index in [0.29, 0.717) is 5.95 Å². The minimum absolute atomic E-state index is 0.601. The number of nitrogens with one attached hydrogen (secondary N) is 1. The Labute approximate surface area is 97.5 Å². The van der Waals surface area contributed by atoms with Crippen LogP contribution >= 0.6 is 11.8 Å². The lowest BCUT2D eigenvalue weighted by molar-refractivity contribution is 0.764. The van der Waals surface area contributed by atoms with Gasteiger partial charge in [0.15, 0.2) is 5.16 Å². The van der Waals surface area contributed by atoms with E-state index in [9.17, 15) is 0 Å². The second-order valence-corrected chi connectivity index (χ2v) is 4.15. The van der Waals surface area contributed by atoms with Crippen molar-refractivity contribution in [2.45, 2.75) is 17.1 Å². The standard InChI is InChI=1S/C9H12N6S/c1-6-13-14-9(15(6)3)16-7-4-5-11-8(10-2)12-7/h4-5H,1-3H3,(H,10,11,12). The summed E-state index contributed by atoms with van der Waals surface area (Å²) in [6.45, 7) is 1.91. The Balaban J connectivity index is 2.23. The highest BCUT2D eigenvalue weighted by Gasteiger charge is 2.08. The van der Waals surface area contributed by atoms with Crippen LogP contribution in [0.4, 0.5) is 5.95 Å². The third-order valence-corrected chi connectivity index (χ3v) is 3.08. The Morgan fingerprint density at radius 2 is 2.19 bits per heavy atom. The lowest BCUT2D eigenvalue weighted by Gasteiger charge is -2.02. The Morgan fingerprint density at radius 3 is 2.81 bits per heavy atom. The molecule has 0 bridgehead atoms.